The quantitative estimate of drug-likeness (QED) is 0.429. The number of alkyl carbamates (subject to hydrolysis) is 1. The van der Waals surface area contributed by atoms with Crippen LogP contribution >= 0.6 is 0 Å². The van der Waals surface area contributed by atoms with Crippen LogP contribution in [0.15, 0.2) is 60.7 Å². The largest absolute Gasteiger partial charge is 0.449 e. The number of allylic oxidation sites excluding steroid dienone is 1. The minimum Gasteiger partial charge on any atom is -0.449 e. The Hall–Kier alpha value is -2.55. The Kier molecular flexibility index (Phi) is 7.73. The zero-order valence-corrected chi connectivity index (χ0v) is 22.4. The molecule has 0 saturated heterocycles. The molecule has 35 heavy (non-hydrogen) atoms. The SMILES string of the molecule is CC(C)[C@@H]1CC[C@@H](C)C[C@H]1C=C[C@@H](NC(=O)OCC1c2ccccc2-c2ccccc21)C(C)(C)C. The molecule has 0 heterocycles. The van der Waals surface area contributed by atoms with Crippen molar-refractivity contribution in [2.24, 2.45) is 29.1 Å². The molecule has 1 saturated carbocycles. The lowest BCUT2D eigenvalue weighted by Crippen LogP contribution is -2.43. The second-order valence-corrected chi connectivity index (χ2v) is 12.2. The molecule has 0 unspecified atom stereocenters. The average molecular weight is 474 g/mol. The second-order valence-electron chi connectivity index (χ2n) is 12.2. The van der Waals surface area contributed by atoms with Gasteiger partial charge in [0.1, 0.15) is 6.61 Å². The standard InChI is InChI=1S/C32H43NO2/c1-21(2)24-17-15-22(3)19-23(24)16-18-30(32(4,5)6)33-31(34)35-20-29-27-13-9-7-11-25(27)26-12-8-10-14-28(26)29/h7-14,16,18,21-24,29-30H,15,17,19-20H2,1-6H3,(H,33,34)/t22-,23-,24+,30-/m1/s1. The third-order valence-corrected chi connectivity index (χ3v) is 8.17. The van der Waals surface area contributed by atoms with E-state index >= 15 is 0 Å². The number of amides is 1. The van der Waals surface area contributed by atoms with Gasteiger partial charge in [0.05, 0.1) is 6.04 Å². The minimum absolute atomic E-state index is 0.0762. The number of ether oxygens (including phenoxy) is 1. The molecule has 188 valence electrons. The van der Waals surface area contributed by atoms with Crippen LogP contribution in [0.1, 0.15) is 77.8 Å². The van der Waals surface area contributed by atoms with E-state index in [0.29, 0.717) is 18.4 Å². The van der Waals surface area contributed by atoms with Crippen LogP contribution in [0.4, 0.5) is 4.79 Å². The fourth-order valence-electron chi connectivity index (χ4n) is 6.07. The molecule has 3 heteroatoms. The summed E-state index contributed by atoms with van der Waals surface area (Å²) < 4.78 is 5.85. The average Bonchev–Trinajstić information content (AvgIpc) is 3.13. The van der Waals surface area contributed by atoms with E-state index in [-0.39, 0.29) is 23.5 Å². The summed E-state index contributed by atoms with van der Waals surface area (Å²) in [5.74, 6) is 2.82. The van der Waals surface area contributed by atoms with Gasteiger partial charge in [0.15, 0.2) is 0 Å². The van der Waals surface area contributed by atoms with E-state index in [9.17, 15) is 4.79 Å². The number of fused-ring (bicyclic) bond motifs is 3. The highest BCUT2D eigenvalue weighted by Crippen LogP contribution is 2.44. The van der Waals surface area contributed by atoms with Crippen LogP contribution in [0.3, 0.4) is 0 Å². The molecule has 0 aliphatic heterocycles. The Labute approximate surface area is 212 Å². The van der Waals surface area contributed by atoms with Crippen molar-refractivity contribution in [2.45, 2.75) is 72.8 Å². The van der Waals surface area contributed by atoms with Crippen molar-refractivity contribution in [3.05, 3.63) is 71.8 Å². The van der Waals surface area contributed by atoms with Crippen molar-refractivity contribution in [2.75, 3.05) is 6.61 Å². The normalized spacial score (nSPS) is 23.2. The lowest BCUT2D eigenvalue weighted by atomic mass is 9.69. The summed E-state index contributed by atoms with van der Waals surface area (Å²) >= 11 is 0. The highest BCUT2D eigenvalue weighted by molar-refractivity contribution is 5.79. The summed E-state index contributed by atoms with van der Waals surface area (Å²) in [4.78, 5) is 13.0. The van der Waals surface area contributed by atoms with Crippen molar-refractivity contribution in [3.8, 4) is 11.1 Å². The second kappa shape index (κ2) is 10.6. The maximum Gasteiger partial charge on any atom is 0.407 e. The van der Waals surface area contributed by atoms with E-state index in [4.69, 9.17) is 4.74 Å². The topological polar surface area (TPSA) is 38.3 Å². The van der Waals surface area contributed by atoms with Gasteiger partial charge in [-0.15, -0.1) is 0 Å². The van der Waals surface area contributed by atoms with Gasteiger partial charge in [0.2, 0.25) is 0 Å². The van der Waals surface area contributed by atoms with E-state index in [0.717, 1.165) is 11.8 Å². The molecule has 4 rings (SSSR count). The van der Waals surface area contributed by atoms with Gasteiger partial charge in [-0.05, 0) is 64.2 Å². The van der Waals surface area contributed by atoms with Crippen LogP contribution in [0, 0.1) is 29.1 Å². The van der Waals surface area contributed by atoms with Crippen LogP contribution in [-0.2, 0) is 4.74 Å². The number of hydrogen-bond donors (Lipinski definition) is 1. The fraction of sp³-hybridized carbons (Fsp3) is 0.531. The van der Waals surface area contributed by atoms with Crippen molar-refractivity contribution in [1.82, 2.24) is 5.32 Å². The number of hydrogen-bond acceptors (Lipinski definition) is 2. The summed E-state index contributed by atoms with van der Waals surface area (Å²) in [5, 5.41) is 3.18. The first-order chi connectivity index (χ1) is 16.6. The number of rotatable bonds is 6. The van der Waals surface area contributed by atoms with Crippen molar-refractivity contribution >= 4 is 6.09 Å². The van der Waals surface area contributed by atoms with E-state index in [1.54, 1.807) is 0 Å². The molecule has 0 bridgehead atoms. The molecule has 1 amide bonds. The fourth-order valence-corrected chi connectivity index (χ4v) is 6.07. The van der Waals surface area contributed by atoms with Gasteiger partial charge in [-0.1, -0.05) is 109 Å². The Morgan fingerprint density at radius 1 is 1.03 bits per heavy atom. The van der Waals surface area contributed by atoms with Crippen molar-refractivity contribution < 1.29 is 9.53 Å². The lowest BCUT2D eigenvalue weighted by Gasteiger charge is -2.36. The van der Waals surface area contributed by atoms with Gasteiger partial charge in [0.25, 0.3) is 0 Å². The van der Waals surface area contributed by atoms with Gasteiger partial charge in [-0.3, -0.25) is 0 Å². The van der Waals surface area contributed by atoms with Gasteiger partial charge >= 0.3 is 6.09 Å². The molecular weight excluding hydrogens is 430 g/mol. The van der Waals surface area contributed by atoms with E-state index in [1.807, 2.05) is 0 Å². The van der Waals surface area contributed by atoms with Gasteiger partial charge in [0, 0.05) is 5.92 Å². The monoisotopic (exact) mass is 473 g/mol. The van der Waals surface area contributed by atoms with Crippen LogP contribution < -0.4 is 5.32 Å². The predicted octanol–water partition coefficient (Wildman–Crippen LogP) is 8.20. The summed E-state index contributed by atoms with van der Waals surface area (Å²) in [5.41, 5.74) is 4.86. The summed E-state index contributed by atoms with van der Waals surface area (Å²) in [7, 11) is 0. The predicted molar refractivity (Wildman–Crippen MR) is 145 cm³/mol. The molecule has 2 aromatic rings. The third kappa shape index (κ3) is 5.82. The first-order valence-electron chi connectivity index (χ1n) is 13.4. The van der Waals surface area contributed by atoms with Gasteiger partial charge in [-0.25, -0.2) is 4.79 Å². The Morgan fingerprint density at radius 3 is 2.20 bits per heavy atom. The molecule has 2 aromatic carbocycles. The third-order valence-electron chi connectivity index (χ3n) is 8.17. The zero-order chi connectivity index (χ0) is 25.2. The van der Waals surface area contributed by atoms with Gasteiger partial charge in [-0.2, -0.15) is 0 Å². The van der Waals surface area contributed by atoms with E-state index in [1.165, 1.54) is 41.5 Å². The first kappa shape index (κ1) is 25.5. The van der Waals surface area contributed by atoms with Crippen molar-refractivity contribution in [3.63, 3.8) is 0 Å². The molecule has 0 radical (unpaired) electrons. The molecule has 0 spiro atoms. The molecular formula is C32H43NO2. The smallest absolute Gasteiger partial charge is 0.407 e. The molecule has 1 fully saturated rings. The number of nitrogens with one attached hydrogen (secondary N) is 1. The molecule has 0 aromatic heterocycles. The van der Waals surface area contributed by atoms with Crippen LogP contribution in [0.25, 0.3) is 11.1 Å². The summed E-state index contributed by atoms with van der Waals surface area (Å²) in [6.07, 6.45) is 8.15. The van der Waals surface area contributed by atoms with E-state index < -0.39 is 0 Å². The molecule has 3 nitrogen and oxygen atoms in total. The van der Waals surface area contributed by atoms with E-state index in [2.05, 4.69) is 108 Å². The summed E-state index contributed by atoms with van der Waals surface area (Å²) in [6.45, 7) is 13.9. The number of carbonyl (C=O) groups is 1. The molecule has 1 N–H and O–H groups in total. The van der Waals surface area contributed by atoms with Crippen molar-refractivity contribution in [1.29, 1.82) is 0 Å². The summed E-state index contributed by atoms with van der Waals surface area (Å²) in [6, 6.07) is 16.8. The molecule has 2 aliphatic rings. The van der Waals surface area contributed by atoms with Gasteiger partial charge < -0.3 is 10.1 Å². The Morgan fingerprint density at radius 2 is 1.63 bits per heavy atom. The Bertz CT molecular complexity index is 1000. The maximum atomic E-state index is 13.0. The van der Waals surface area contributed by atoms with Crippen LogP contribution in [0.2, 0.25) is 0 Å². The highest BCUT2D eigenvalue weighted by Gasteiger charge is 2.32. The molecule has 2 aliphatic carbocycles. The lowest BCUT2D eigenvalue weighted by molar-refractivity contribution is 0.133. The molecule has 4 atom stereocenters. The van der Waals surface area contributed by atoms with Crippen LogP contribution in [-0.4, -0.2) is 18.7 Å². The van der Waals surface area contributed by atoms with Crippen LogP contribution in [0.5, 0.6) is 0 Å². The number of carbonyl (C=O) groups excluding carboxylic acids is 1. The number of benzene rings is 2. The maximum absolute atomic E-state index is 13.0. The Balaban J connectivity index is 1.43. The zero-order valence-electron chi connectivity index (χ0n) is 22.4. The first-order valence-corrected chi connectivity index (χ1v) is 13.4. The minimum atomic E-state index is -0.339. The highest BCUT2D eigenvalue weighted by atomic mass is 16.5.